The lowest BCUT2D eigenvalue weighted by Gasteiger charge is -2.16. The standard InChI is InChI=1S/C20H19NO5/c1-12(19(22)15-11-21-16-7-5-4-6-14(15)16)26-17-9-8-13(20(23)25-3)10-18(17)24-2/h4-12,21H,1-3H3/t12-/m1/s1. The molecule has 2 aromatic carbocycles. The minimum absolute atomic E-state index is 0.151. The number of esters is 1. The fourth-order valence-electron chi connectivity index (χ4n) is 2.75. The normalized spacial score (nSPS) is 11.8. The number of Topliss-reactive ketones (excluding diaryl/α,β-unsaturated/α-hetero) is 1. The van der Waals surface area contributed by atoms with E-state index in [1.165, 1.54) is 20.3 Å². The molecule has 3 rings (SSSR count). The molecule has 0 fully saturated rings. The molecule has 134 valence electrons. The van der Waals surface area contributed by atoms with Gasteiger partial charge in [0, 0.05) is 22.7 Å². The molecule has 26 heavy (non-hydrogen) atoms. The van der Waals surface area contributed by atoms with Crippen LogP contribution in [0.1, 0.15) is 27.6 Å². The Morgan fingerprint density at radius 3 is 2.54 bits per heavy atom. The molecular weight excluding hydrogens is 334 g/mol. The molecule has 0 unspecified atom stereocenters. The fraction of sp³-hybridized carbons (Fsp3) is 0.200. The number of fused-ring (bicyclic) bond motifs is 1. The fourth-order valence-corrected chi connectivity index (χ4v) is 2.75. The van der Waals surface area contributed by atoms with Crippen molar-refractivity contribution < 1.29 is 23.8 Å². The van der Waals surface area contributed by atoms with Crippen molar-refractivity contribution in [2.45, 2.75) is 13.0 Å². The van der Waals surface area contributed by atoms with Crippen molar-refractivity contribution in [2.24, 2.45) is 0 Å². The third-order valence-electron chi connectivity index (χ3n) is 4.11. The highest BCUT2D eigenvalue weighted by Gasteiger charge is 2.22. The molecule has 0 amide bonds. The number of benzene rings is 2. The molecule has 0 saturated carbocycles. The third-order valence-corrected chi connectivity index (χ3v) is 4.11. The summed E-state index contributed by atoms with van der Waals surface area (Å²) >= 11 is 0. The number of hydrogen-bond donors (Lipinski definition) is 1. The number of para-hydroxylation sites is 1. The number of aromatic amines is 1. The van der Waals surface area contributed by atoms with E-state index in [-0.39, 0.29) is 5.78 Å². The van der Waals surface area contributed by atoms with Crippen LogP contribution in [0.15, 0.2) is 48.7 Å². The quantitative estimate of drug-likeness (QED) is 0.541. The van der Waals surface area contributed by atoms with Crippen LogP contribution < -0.4 is 9.47 Å². The van der Waals surface area contributed by atoms with Crippen molar-refractivity contribution in [2.75, 3.05) is 14.2 Å². The Balaban J connectivity index is 1.84. The van der Waals surface area contributed by atoms with E-state index in [4.69, 9.17) is 14.2 Å². The number of nitrogens with one attached hydrogen (secondary N) is 1. The first kappa shape index (κ1) is 17.5. The lowest BCUT2D eigenvalue weighted by Crippen LogP contribution is -2.24. The third kappa shape index (κ3) is 3.26. The van der Waals surface area contributed by atoms with Crippen LogP contribution in [0.4, 0.5) is 0 Å². The molecule has 0 radical (unpaired) electrons. The molecular formula is C20H19NO5. The largest absolute Gasteiger partial charge is 0.493 e. The second-order valence-corrected chi connectivity index (χ2v) is 5.73. The molecule has 0 spiro atoms. The molecule has 1 N–H and O–H groups in total. The first-order valence-electron chi connectivity index (χ1n) is 8.08. The molecule has 0 saturated heterocycles. The van der Waals surface area contributed by atoms with Crippen molar-refractivity contribution in [3.05, 3.63) is 59.8 Å². The summed E-state index contributed by atoms with van der Waals surface area (Å²) in [4.78, 5) is 27.5. The van der Waals surface area contributed by atoms with E-state index in [0.717, 1.165) is 10.9 Å². The summed E-state index contributed by atoms with van der Waals surface area (Å²) in [6.07, 6.45) is 0.955. The SMILES string of the molecule is COC(=O)c1ccc(O[C@H](C)C(=O)c2c[nH]c3ccccc23)c(OC)c1. The Kier molecular flexibility index (Phi) is 4.93. The molecule has 0 aliphatic rings. The van der Waals surface area contributed by atoms with E-state index >= 15 is 0 Å². The number of rotatable bonds is 6. The minimum atomic E-state index is -0.730. The minimum Gasteiger partial charge on any atom is -0.493 e. The summed E-state index contributed by atoms with van der Waals surface area (Å²) < 4.78 is 15.8. The van der Waals surface area contributed by atoms with Gasteiger partial charge in [0.2, 0.25) is 5.78 Å². The first-order chi connectivity index (χ1) is 12.5. The van der Waals surface area contributed by atoms with Gasteiger partial charge < -0.3 is 19.2 Å². The average Bonchev–Trinajstić information content (AvgIpc) is 3.11. The van der Waals surface area contributed by atoms with Gasteiger partial charge in [-0.25, -0.2) is 4.79 Å². The number of H-pyrrole nitrogens is 1. The van der Waals surface area contributed by atoms with Gasteiger partial charge in [-0.15, -0.1) is 0 Å². The molecule has 6 nitrogen and oxygen atoms in total. The van der Waals surface area contributed by atoms with Gasteiger partial charge in [-0.05, 0) is 31.2 Å². The molecule has 0 aliphatic carbocycles. The van der Waals surface area contributed by atoms with Crippen LogP contribution in [0.5, 0.6) is 11.5 Å². The number of carbonyl (C=O) groups is 2. The van der Waals surface area contributed by atoms with Crippen molar-refractivity contribution in [1.29, 1.82) is 0 Å². The topological polar surface area (TPSA) is 77.6 Å². The highest BCUT2D eigenvalue weighted by Crippen LogP contribution is 2.30. The lowest BCUT2D eigenvalue weighted by atomic mass is 10.1. The molecule has 0 bridgehead atoms. The second-order valence-electron chi connectivity index (χ2n) is 5.73. The maximum Gasteiger partial charge on any atom is 0.337 e. The van der Waals surface area contributed by atoms with Gasteiger partial charge in [-0.3, -0.25) is 4.79 Å². The number of carbonyl (C=O) groups excluding carboxylic acids is 2. The van der Waals surface area contributed by atoms with Crippen molar-refractivity contribution in [3.8, 4) is 11.5 Å². The monoisotopic (exact) mass is 353 g/mol. The van der Waals surface area contributed by atoms with Gasteiger partial charge >= 0.3 is 5.97 Å². The van der Waals surface area contributed by atoms with Gasteiger partial charge in [0.1, 0.15) is 0 Å². The average molecular weight is 353 g/mol. The van der Waals surface area contributed by atoms with E-state index in [9.17, 15) is 9.59 Å². The maximum absolute atomic E-state index is 12.8. The zero-order chi connectivity index (χ0) is 18.7. The summed E-state index contributed by atoms with van der Waals surface area (Å²) in [5.41, 5.74) is 1.80. The number of hydrogen-bond acceptors (Lipinski definition) is 5. The molecule has 6 heteroatoms. The Hall–Kier alpha value is -3.28. The van der Waals surface area contributed by atoms with Crippen LogP contribution in [0.2, 0.25) is 0 Å². The Morgan fingerprint density at radius 2 is 1.81 bits per heavy atom. The summed E-state index contributed by atoms with van der Waals surface area (Å²) in [5.74, 6) is 0.103. The number of ketones is 1. The zero-order valence-corrected chi connectivity index (χ0v) is 14.7. The number of aromatic nitrogens is 1. The van der Waals surface area contributed by atoms with Gasteiger partial charge in [0.15, 0.2) is 17.6 Å². The van der Waals surface area contributed by atoms with Crippen molar-refractivity contribution >= 4 is 22.7 Å². The highest BCUT2D eigenvalue weighted by molar-refractivity contribution is 6.09. The molecule has 3 aromatic rings. The summed E-state index contributed by atoms with van der Waals surface area (Å²) in [5, 5.41) is 0.848. The van der Waals surface area contributed by atoms with Crippen LogP contribution in [0.3, 0.4) is 0 Å². The van der Waals surface area contributed by atoms with E-state index in [2.05, 4.69) is 4.98 Å². The molecule has 1 heterocycles. The van der Waals surface area contributed by atoms with E-state index in [1.807, 2.05) is 24.3 Å². The Bertz CT molecular complexity index is 960. The van der Waals surface area contributed by atoms with Crippen molar-refractivity contribution in [1.82, 2.24) is 4.98 Å². The number of ether oxygens (including phenoxy) is 3. The lowest BCUT2D eigenvalue weighted by molar-refractivity contribution is 0.0599. The van der Waals surface area contributed by atoms with Crippen LogP contribution in [-0.2, 0) is 4.74 Å². The first-order valence-corrected chi connectivity index (χ1v) is 8.08. The predicted molar refractivity (Wildman–Crippen MR) is 97.1 cm³/mol. The van der Waals surface area contributed by atoms with Gasteiger partial charge in [0.25, 0.3) is 0 Å². The Labute approximate surface area is 150 Å². The molecule has 1 aromatic heterocycles. The van der Waals surface area contributed by atoms with Crippen LogP contribution in [0.25, 0.3) is 10.9 Å². The highest BCUT2D eigenvalue weighted by atomic mass is 16.5. The number of methoxy groups -OCH3 is 2. The summed E-state index contributed by atoms with van der Waals surface area (Å²) in [7, 11) is 2.77. The van der Waals surface area contributed by atoms with Gasteiger partial charge in [-0.2, -0.15) is 0 Å². The van der Waals surface area contributed by atoms with E-state index < -0.39 is 12.1 Å². The summed E-state index contributed by atoms with van der Waals surface area (Å²) in [6, 6.07) is 12.2. The van der Waals surface area contributed by atoms with Crippen LogP contribution in [0, 0.1) is 0 Å². The Morgan fingerprint density at radius 1 is 1.04 bits per heavy atom. The second kappa shape index (κ2) is 7.31. The molecule has 1 atom stereocenters. The maximum atomic E-state index is 12.8. The van der Waals surface area contributed by atoms with E-state index in [1.54, 1.807) is 25.3 Å². The predicted octanol–water partition coefficient (Wildman–Crippen LogP) is 3.61. The van der Waals surface area contributed by atoms with Crippen LogP contribution in [-0.4, -0.2) is 37.1 Å². The zero-order valence-electron chi connectivity index (χ0n) is 14.7. The van der Waals surface area contributed by atoms with Gasteiger partial charge in [0.05, 0.1) is 19.8 Å². The molecule has 0 aliphatic heterocycles. The van der Waals surface area contributed by atoms with E-state index in [0.29, 0.717) is 22.6 Å². The smallest absolute Gasteiger partial charge is 0.337 e. The van der Waals surface area contributed by atoms with Crippen LogP contribution >= 0.6 is 0 Å². The summed E-state index contributed by atoms with van der Waals surface area (Å²) in [6.45, 7) is 1.68. The van der Waals surface area contributed by atoms with Crippen molar-refractivity contribution in [3.63, 3.8) is 0 Å². The van der Waals surface area contributed by atoms with Gasteiger partial charge in [-0.1, -0.05) is 18.2 Å².